The second-order valence-electron chi connectivity index (χ2n) is 6.06. The number of guanidine groups is 1. The lowest BCUT2D eigenvalue weighted by molar-refractivity contribution is 0.0955. The van der Waals surface area contributed by atoms with Crippen molar-refractivity contribution >= 4 is 35.8 Å². The van der Waals surface area contributed by atoms with Crippen molar-refractivity contribution in [3.63, 3.8) is 0 Å². The van der Waals surface area contributed by atoms with Crippen LogP contribution < -0.4 is 16.0 Å². The highest BCUT2D eigenvalue weighted by Gasteiger charge is 2.05. The minimum absolute atomic E-state index is 0. The van der Waals surface area contributed by atoms with Crippen molar-refractivity contribution < 1.29 is 9.18 Å². The summed E-state index contributed by atoms with van der Waals surface area (Å²) in [4.78, 5) is 16.5. The molecule has 0 fully saturated rings. The van der Waals surface area contributed by atoms with E-state index in [0.29, 0.717) is 37.6 Å². The molecular formula is C21H28FIN4O. The summed E-state index contributed by atoms with van der Waals surface area (Å²) < 4.78 is 13.2. The summed E-state index contributed by atoms with van der Waals surface area (Å²) in [6.45, 7) is 6.34. The van der Waals surface area contributed by atoms with Crippen LogP contribution in [0.5, 0.6) is 0 Å². The van der Waals surface area contributed by atoms with Gasteiger partial charge in [-0.1, -0.05) is 24.3 Å². The molecule has 2 aromatic rings. The molecule has 0 radical (unpaired) electrons. The maximum Gasteiger partial charge on any atom is 0.251 e. The number of rotatable bonds is 8. The highest BCUT2D eigenvalue weighted by molar-refractivity contribution is 14.0. The molecule has 3 N–H and O–H groups in total. The van der Waals surface area contributed by atoms with Crippen molar-refractivity contribution in [2.75, 3.05) is 19.6 Å². The van der Waals surface area contributed by atoms with Gasteiger partial charge >= 0.3 is 0 Å². The zero-order valence-electron chi connectivity index (χ0n) is 16.3. The van der Waals surface area contributed by atoms with E-state index in [1.165, 1.54) is 6.07 Å². The molecule has 0 spiro atoms. The highest BCUT2D eigenvalue weighted by Crippen LogP contribution is 2.07. The molecule has 28 heavy (non-hydrogen) atoms. The van der Waals surface area contributed by atoms with Gasteiger partial charge in [0.2, 0.25) is 0 Å². The van der Waals surface area contributed by atoms with Gasteiger partial charge in [-0.3, -0.25) is 4.79 Å². The van der Waals surface area contributed by atoms with Crippen LogP contribution in [-0.2, 0) is 13.0 Å². The Morgan fingerprint density at radius 1 is 0.964 bits per heavy atom. The third-order valence-corrected chi connectivity index (χ3v) is 3.89. The maximum absolute atomic E-state index is 13.2. The summed E-state index contributed by atoms with van der Waals surface area (Å²) in [6, 6.07) is 14.1. The normalized spacial score (nSPS) is 10.8. The van der Waals surface area contributed by atoms with Crippen molar-refractivity contribution in [2.24, 2.45) is 4.99 Å². The van der Waals surface area contributed by atoms with Crippen molar-refractivity contribution in [3.8, 4) is 0 Å². The maximum atomic E-state index is 13.2. The van der Waals surface area contributed by atoms with Gasteiger partial charge in [0, 0.05) is 25.2 Å². The number of hydrogen-bond acceptors (Lipinski definition) is 2. The summed E-state index contributed by atoms with van der Waals surface area (Å²) >= 11 is 0. The van der Waals surface area contributed by atoms with E-state index in [4.69, 9.17) is 0 Å². The molecule has 0 aliphatic heterocycles. The number of aliphatic imine (C=N–C) groups is 1. The smallest absolute Gasteiger partial charge is 0.251 e. The standard InChI is InChI=1S/C21H27FN4O.HI/c1-3-23-20(27)18-9-5-8-17(13-18)15-26-21(24-4-2)25-12-11-16-7-6-10-19(22)14-16;/h5-10,13-14H,3-4,11-12,15H2,1-2H3,(H,23,27)(H2,24,25,26);1H. The molecule has 2 aromatic carbocycles. The van der Waals surface area contributed by atoms with E-state index in [0.717, 1.165) is 17.7 Å². The average Bonchev–Trinajstić information content (AvgIpc) is 2.66. The quantitative estimate of drug-likeness (QED) is 0.297. The number of nitrogens with one attached hydrogen (secondary N) is 3. The highest BCUT2D eigenvalue weighted by atomic mass is 127. The molecule has 0 atom stereocenters. The van der Waals surface area contributed by atoms with Gasteiger partial charge in [-0.15, -0.1) is 24.0 Å². The molecule has 7 heteroatoms. The second-order valence-corrected chi connectivity index (χ2v) is 6.06. The lowest BCUT2D eigenvalue weighted by atomic mass is 10.1. The Morgan fingerprint density at radius 3 is 2.39 bits per heavy atom. The molecule has 152 valence electrons. The zero-order chi connectivity index (χ0) is 19.5. The van der Waals surface area contributed by atoms with Gasteiger partial charge in [0.1, 0.15) is 5.82 Å². The monoisotopic (exact) mass is 498 g/mol. The Morgan fingerprint density at radius 2 is 1.68 bits per heavy atom. The fraction of sp³-hybridized carbons (Fsp3) is 0.333. The molecule has 1 amide bonds. The van der Waals surface area contributed by atoms with E-state index >= 15 is 0 Å². The number of nitrogens with zero attached hydrogens (tertiary/aromatic N) is 1. The molecule has 0 unspecified atom stereocenters. The van der Waals surface area contributed by atoms with Crippen LogP contribution in [0.4, 0.5) is 4.39 Å². The summed E-state index contributed by atoms with van der Waals surface area (Å²) in [5.74, 6) is 0.390. The molecule has 0 heterocycles. The van der Waals surface area contributed by atoms with Gasteiger partial charge < -0.3 is 16.0 Å². The molecule has 0 aromatic heterocycles. The largest absolute Gasteiger partial charge is 0.357 e. The predicted octanol–water partition coefficient (Wildman–Crippen LogP) is 3.49. The van der Waals surface area contributed by atoms with Gasteiger partial charge in [0.05, 0.1) is 6.54 Å². The Bertz CT molecular complexity index is 783. The van der Waals surface area contributed by atoms with E-state index < -0.39 is 0 Å². The summed E-state index contributed by atoms with van der Waals surface area (Å²) in [5, 5.41) is 9.24. The third-order valence-electron chi connectivity index (χ3n) is 3.89. The molecule has 0 aliphatic carbocycles. The molecule has 2 rings (SSSR count). The van der Waals surface area contributed by atoms with Gasteiger partial charge in [0.15, 0.2) is 5.96 Å². The topological polar surface area (TPSA) is 65.5 Å². The fourth-order valence-electron chi connectivity index (χ4n) is 2.60. The van der Waals surface area contributed by atoms with E-state index in [2.05, 4.69) is 20.9 Å². The Hall–Kier alpha value is -2.16. The minimum Gasteiger partial charge on any atom is -0.357 e. The predicted molar refractivity (Wildman–Crippen MR) is 123 cm³/mol. The number of halogens is 2. The van der Waals surface area contributed by atoms with E-state index in [-0.39, 0.29) is 35.7 Å². The third kappa shape index (κ3) is 8.24. The molecule has 0 saturated carbocycles. The van der Waals surface area contributed by atoms with Gasteiger partial charge in [0.25, 0.3) is 5.91 Å². The van der Waals surface area contributed by atoms with Crippen molar-refractivity contribution in [1.29, 1.82) is 0 Å². The van der Waals surface area contributed by atoms with Crippen LogP contribution in [0.25, 0.3) is 0 Å². The molecule has 0 bridgehead atoms. The van der Waals surface area contributed by atoms with E-state index in [9.17, 15) is 9.18 Å². The number of carbonyl (C=O) groups excluding carboxylic acids is 1. The van der Waals surface area contributed by atoms with Crippen molar-refractivity contribution in [2.45, 2.75) is 26.8 Å². The molecular weight excluding hydrogens is 470 g/mol. The van der Waals surface area contributed by atoms with E-state index in [1.807, 2.05) is 38.1 Å². The van der Waals surface area contributed by atoms with Crippen molar-refractivity contribution in [3.05, 3.63) is 71.0 Å². The van der Waals surface area contributed by atoms with Gasteiger partial charge in [-0.25, -0.2) is 9.38 Å². The van der Waals surface area contributed by atoms with E-state index in [1.54, 1.807) is 18.2 Å². The first-order valence-electron chi connectivity index (χ1n) is 9.26. The number of carbonyl (C=O) groups is 1. The fourth-order valence-corrected chi connectivity index (χ4v) is 2.60. The van der Waals surface area contributed by atoms with Crippen LogP contribution >= 0.6 is 24.0 Å². The minimum atomic E-state index is -0.222. The Kier molecular flexibility index (Phi) is 11.2. The Balaban J connectivity index is 0.00000392. The lowest BCUT2D eigenvalue weighted by Crippen LogP contribution is -2.38. The van der Waals surface area contributed by atoms with Crippen LogP contribution in [-0.4, -0.2) is 31.5 Å². The SMILES string of the molecule is CCNC(=O)c1cccc(CN=C(NCC)NCCc2cccc(F)c2)c1.I. The van der Waals surface area contributed by atoms with Crippen LogP contribution in [0, 0.1) is 5.82 Å². The first-order chi connectivity index (χ1) is 13.1. The van der Waals surface area contributed by atoms with Gasteiger partial charge in [-0.2, -0.15) is 0 Å². The molecule has 0 saturated heterocycles. The first-order valence-corrected chi connectivity index (χ1v) is 9.26. The molecule has 0 aliphatic rings. The van der Waals surface area contributed by atoms with Crippen LogP contribution in [0.3, 0.4) is 0 Å². The zero-order valence-corrected chi connectivity index (χ0v) is 18.6. The summed E-state index contributed by atoms with van der Waals surface area (Å²) in [6.07, 6.45) is 0.703. The van der Waals surface area contributed by atoms with Gasteiger partial charge in [-0.05, 0) is 55.7 Å². The first kappa shape index (κ1) is 23.9. The number of benzene rings is 2. The average molecular weight is 498 g/mol. The van der Waals surface area contributed by atoms with Crippen molar-refractivity contribution in [1.82, 2.24) is 16.0 Å². The summed E-state index contributed by atoms with van der Waals surface area (Å²) in [5.41, 5.74) is 2.53. The van der Waals surface area contributed by atoms with Crippen LogP contribution in [0.2, 0.25) is 0 Å². The lowest BCUT2D eigenvalue weighted by Gasteiger charge is -2.11. The number of amides is 1. The second kappa shape index (κ2) is 13.1. The molecule has 5 nitrogen and oxygen atoms in total. The Labute approximate surface area is 183 Å². The number of hydrogen-bond donors (Lipinski definition) is 3. The summed E-state index contributed by atoms with van der Waals surface area (Å²) in [7, 11) is 0. The van der Waals surface area contributed by atoms with Crippen LogP contribution in [0.1, 0.15) is 35.3 Å². The van der Waals surface area contributed by atoms with Crippen LogP contribution in [0.15, 0.2) is 53.5 Å².